The Morgan fingerprint density at radius 3 is 3.00 bits per heavy atom. The van der Waals surface area contributed by atoms with Crippen molar-refractivity contribution in [1.29, 1.82) is 0 Å². The first-order chi connectivity index (χ1) is 9.28. The molecule has 2 aromatic heterocycles. The minimum atomic E-state index is 0.580. The summed E-state index contributed by atoms with van der Waals surface area (Å²) in [6.45, 7) is 0. The molecule has 0 radical (unpaired) electrons. The SMILES string of the molecule is COc1cccc2[nH]cc(/C=C/c3csc(N)n3)c12. The molecule has 0 fully saturated rings. The van der Waals surface area contributed by atoms with Crippen molar-refractivity contribution in [2.75, 3.05) is 12.8 Å². The molecule has 0 aliphatic rings. The number of methoxy groups -OCH3 is 1. The van der Waals surface area contributed by atoms with E-state index in [4.69, 9.17) is 10.5 Å². The Morgan fingerprint density at radius 2 is 2.26 bits per heavy atom. The summed E-state index contributed by atoms with van der Waals surface area (Å²) in [4.78, 5) is 7.43. The Labute approximate surface area is 114 Å². The molecular formula is C14H13N3OS. The highest BCUT2D eigenvalue weighted by molar-refractivity contribution is 7.13. The van der Waals surface area contributed by atoms with Crippen molar-refractivity contribution in [3.05, 3.63) is 41.0 Å². The van der Waals surface area contributed by atoms with Gasteiger partial charge in [0.05, 0.1) is 12.8 Å². The van der Waals surface area contributed by atoms with Crippen molar-refractivity contribution in [3.8, 4) is 5.75 Å². The first-order valence-corrected chi connectivity index (χ1v) is 6.69. The summed E-state index contributed by atoms with van der Waals surface area (Å²) in [5.74, 6) is 0.858. The molecule has 0 aliphatic heterocycles. The molecule has 0 saturated heterocycles. The summed E-state index contributed by atoms with van der Waals surface area (Å²) < 4.78 is 5.40. The van der Waals surface area contributed by atoms with Crippen LogP contribution in [0.25, 0.3) is 23.1 Å². The van der Waals surface area contributed by atoms with Gasteiger partial charge in [-0.1, -0.05) is 12.1 Å². The van der Waals surface area contributed by atoms with E-state index in [-0.39, 0.29) is 0 Å². The minimum Gasteiger partial charge on any atom is -0.496 e. The van der Waals surface area contributed by atoms with Crippen molar-refractivity contribution in [2.45, 2.75) is 0 Å². The second kappa shape index (κ2) is 4.78. The monoisotopic (exact) mass is 271 g/mol. The van der Waals surface area contributed by atoms with Gasteiger partial charge in [0, 0.05) is 28.0 Å². The summed E-state index contributed by atoms with van der Waals surface area (Å²) in [7, 11) is 1.68. The van der Waals surface area contributed by atoms with Gasteiger partial charge in [-0.25, -0.2) is 4.98 Å². The quantitative estimate of drug-likeness (QED) is 0.767. The van der Waals surface area contributed by atoms with Gasteiger partial charge in [0.1, 0.15) is 5.75 Å². The van der Waals surface area contributed by atoms with Gasteiger partial charge < -0.3 is 15.5 Å². The molecular weight excluding hydrogens is 258 g/mol. The third kappa shape index (κ3) is 2.20. The number of hydrogen-bond acceptors (Lipinski definition) is 4. The van der Waals surface area contributed by atoms with E-state index in [0.717, 1.165) is 27.9 Å². The first-order valence-electron chi connectivity index (χ1n) is 5.81. The van der Waals surface area contributed by atoms with Crippen LogP contribution in [0.1, 0.15) is 11.3 Å². The van der Waals surface area contributed by atoms with Crippen LogP contribution < -0.4 is 10.5 Å². The molecule has 3 N–H and O–H groups in total. The smallest absolute Gasteiger partial charge is 0.180 e. The Balaban J connectivity index is 2.03. The van der Waals surface area contributed by atoms with Gasteiger partial charge in [0.25, 0.3) is 0 Å². The van der Waals surface area contributed by atoms with Crippen LogP contribution in [0.3, 0.4) is 0 Å². The van der Waals surface area contributed by atoms with E-state index in [1.165, 1.54) is 11.3 Å². The number of nitrogens with zero attached hydrogens (tertiary/aromatic N) is 1. The van der Waals surface area contributed by atoms with Crippen LogP contribution in [0.2, 0.25) is 0 Å². The van der Waals surface area contributed by atoms with Crippen molar-refractivity contribution < 1.29 is 4.74 Å². The van der Waals surface area contributed by atoms with E-state index >= 15 is 0 Å². The summed E-state index contributed by atoms with van der Waals surface area (Å²) >= 11 is 1.44. The van der Waals surface area contributed by atoms with E-state index in [1.54, 1.807) is 7.11 Å². The highest BCUT2D eigenvalue weighted by Gasteiger charge is 2.06. The fourth-order valence-corrected chi connectivity index (χ4v) is 2.56. The average molecular weight is 271 g/mol. The van der Waals surface area contributed by atoms with Crippen molar-refractivity contribution in [2.24, 2.45) is 0 Å². The van der Waals surface area contributed by atoms with Crippen LogP contribution in [-0.2, 0) is 0 Å². The van der Waals surface area contributed by atoms with Crippen LogP contribution in [0.15, 0.2) is 29.8 Å². The molecule has 19 heavy (non-hydrogen) atoms. The van der Waals surface area contributed by atoms with Crippen LogP contribution in [0.5, 0.6) is 5.75 Å². The van der Waals surface area contributed by atoms with Crippen LogP contribution in [0.4, 0.5) is 5.13 Å². The van der Waals surface area contributed by atoms with Gasteiger partial charge in [-0.15, -0.1) is 11.3 Å². The number of H-pyrrole nitrogens is 1. The van der Waals surface area contributed by atoms with E-state index in [9.17, 15) is 0 Å². The van der Waals surface area contributed by atoms with Crippen LogP contribution >= 0.6 is 11.3 Å². The fraction of sp³-hybridized carbons (Fsp3) is 0.0714. The second-order valence-electron chi connectivity index (χ2n) is 4.07. The number of ether oxygens (including phenoxy) is 1. The normalized spacial score (nSPS) is 11.4. The molecule has 4 nitrogen and oxygen atoms in total. The fourth-order valence-electron chi connectivity index (χ4n) is 2.03. The van der Waals surface area contributed by atoms with E-state index in [0.29, 0.717) is 5.13 Å². The van der Waals surface area contributed by atoms with Gasteiger partial charge in [-0.3, -0.25) is 0 Å². The highest BCUT2D eigenvalue weighted by atomic mass is 32.1. The Bertz CT molecular complexity index is 742. The van der Waals surface area contributed by atoms with Gasteiger partial charge in [-0.05, 0) is 18.2 Å². The number of rotatable bonds is 3. The number of aromatic nitrogens is 2. The van der Waals surface area contributed by atoms with Crippen molar-refractivity contribution in [1.82, 2.24) is 9.97 Å². The van der Waals surface area contributed by atoms with Crippen LogP contribution in [-0.4, -0.2) is 17.1 Å². The summed E-state index contributed by atoms with van der Waals surface area (Å²) in [5, 5.41) is 3.58. The van der Waals surface area contributed by atoms with Crippen molar-refractivity contribution >= 4 is 39.5 Å². The maximum Gasteiger partial charge on any atom is 0.180 e. The molecule has 96 valence electrons. The third-order valence-electron chi connectivity index (χ3n) is 2.89. The lowest BCUT2D eigenvalue weighted by Crippen LogP contribution is -1.83. The lowest BCUT2D eigenvalue weighted by atomic mass is 10.1. The zero-order valence-corrected chi connectivity index (χ0v) is 11.2. The standard InChI is InChI=1S/C14H13N3OS/c1-18-12-4-2-3-11-13(12)9(7-16-11)5-6-10-8-19-14(15)17-10/h2-8,16H,1H3,(H2,15,17)/b6-5+. The number of thiazole rings is 1. The zero-order valence-electron chi connectivity index (χ0n) is 10.4. The number of nitrogens with one attached hydrogen (secondary N) is 1. The Hall–Kier alpha value is -2.27. The number of aromatic amines is 1. The molecule has 0 amide bonds. The van der Waals surface area contributed by atoms with E-state index < -0.39 is 0 Å². The molecule has 0 bridgehead atoms. The zero-order chi connectivity index (χ0) is 13.2. The van der Waals surface area contributed by atoms with E-state index in [2.05, 4.69) is 9.97 Å². The molecule has 5 heteroatoms. The predicted octanol–water partition coefficient (Wildman–Crippen LogP) is 3.39. The number of nitrogen functional groups attached to an aromatic ring is 1. The number of anilines is 1. The lowest BCUT2D eigenvalue weighted by Gasteiger charge is -2.01. The number of fused-ring (bicyclic) bond motifs is 1. The maximum atomic E-state index is 5.61. The number of nitrogens with two attached hydrogens (primary N) is 1. The number of benzene rings is 1. The molecule has 3 aromatic rings. The summed E-state index contributed by atoms with van der Waals surface area (Å²) in [6, 6.07) is 5.94. The molecule has 2 heterocycles. The Morgan fingerprint density at radius 1 is 1.37 bits per heavy atom. The van der Waals surface area contributed by atoms with Gasteiger partial charge >= 0.3 is 0 Å². The van der Waals surface area contributed by atoms with Gasteiger partial charge in [0.2, 0.25) is 0 Å². The average Bonchev–Trinajstić information content (AvgIpc) is 3.02. The molecule has 0 atom stereocenters. The summed E-state index contributed by atoms with van der Waals surface area (Å²) in [6.07, 6.45) is 5.91. The molecule has 0 spiro atoms. The van der Waals surface area contributed by atoms with E-state index in [1.807, 2.05) is 41.9 Å². The second-order valence-corrected chi connectivity index (χ2v) is 4.96. The Kier molecular flexibility index (Phi) is 2.97. The minimum absolute atomic E-state index is 0.580. The topological polar surface area (TPSA) is 63.9 Å². The summed E-state index contributed by atoms with van der Waals surface area (Å²) in [5.41, 5.74) is 8.60. The molecule has 0 aliphatic carbocycles. The van der Waals surface area contributed by atoms with Gasteiger partial charge in [-0.2, -0.15) is 0 Å². The first kappa shape index (κ1) is 11.8. The molecule has 0 saturated carbocycles. The maximum absolute atomic E-state index is 5.61. The highest BCUT2D eigenvalue weighted by Crippen LogP contribution is 2.29. The predicted molar refractivity (Wildman–Crippen MR) is 80.3 cm³/mol. The third-order valence-corrected chi connectivity index (χ3v) is 3.58. The lowest BCUT2D eigenvalue weighted by molar-refractivity contribution is 0.420. The largest absolute Gasteiger partial charge is 0.496 e. The number of hydrogen-bond donors (Lipinski definition) is 2. The molecule has 0 unspecified atom stereocenters. The van der Waals surface area contributed by atoms with Crippen molar-refractivity contribution in [3.63, 3.8) is 0 Å². The molecule has 1 aromatic carbocycles. The van der Waals surface area contributed by atoms with Gasteiger partial charge in [0.15, 0.2) is 5.13 Å². The molecule has 3 rings (SSSR count). The van der Waals surface area contributed by atoms with Crippen LogP contribution in [0, 0.1) is 0 Å².